The molecule has 0 saturated heterocycles. The van der Waals surface area contributed by atoms with Crippen molar-refractivity contribution in [3.05, 3.63) is 40.3 Å². The molecule has 0 unspecified atom stereocenters. The number of nitrogen functional groups attached to an aromatic ring is 1. The van der Waals surface area contributed by atoms with Gasteiger partial charge in [0.2, 0.25) is 0 Å². The van der Waals surface area contributed by atoms with Crippen molar-refractivity contribution < 1.29 is 18.7 Å². The number of nitrogens with one attached hydrogen (secondary N) is 1. The summed E-state index contributed by atoms with van der Waals surface area (Å²) in [5.41, 5.74) is 9.25. The minimum Gasteiger partial charge on any atom is -0.444 e. The maximum Gasteiger partial charge on any atom is 0.410 e. The van der Waals surface area contributed by atoms with Gasteiger partial charge in [-0.15, -0.1) is 0 Å². The third kappa shape index (κ3) is 3.96. The zero-order valence-electron chi connectivity index (χ0n) is 18.3. The number of nitrogens with two attached hydrogens (primary N) is 1. The molecule has 2 aliphatic heterocycles. The second kappa shape index (κ2) is 7.55. The maximum atomic E-state index is 14.1. The van der Waals surface area contributed by atoms with Crippen LogP contribution in [0.15, 0.2) is 12.1 Å². The number of halogens is 1. The first-order valence-electron chi connectivity index (χ1n) is 10.5. The molecule has 0 aliphatic carbocycles. The van der Waals surface area contributed by atoms with E-state index < -0.39 is 17.6 Å². The topological polar surface area (TPSA) is 102 Å². The Labute approximate surface area is 180 Å². The largest absolute Gasteiger partial charge is 0.444 e. The van der Waals surface area contributed by atoms with Gasteiger partial charge in [-0.2, -0.15) is 9.78 Å². The van der Waals surface area contributed by atoms with Crippen LogP contribution >= 0.6 is 0 Å². The molecule has 9 heteroatoms. The predicted molar refractivity (Wildman–Crippen MR) is 115 cm³/mol. The average molecular weight is 429 g/mol. The number of rotatable bonds is 1. The van der Waals surface area contributed by atoms with Crippen molar-refractivity contribution in [2.24, 2.45) is 0 Å². The molecule has 0 spiro atoms. The molecule has 0 saturated carbocycles. The Hall–Kier alpha value is -3.10. The van der Waals surface area contributed by atoms with Crippen LogP contribution in [-0.4, -0.2) is 45.4 Å². The van der Waals surface area contributed by atoms with Crippen molar-refractivity contribution >= 4 is 23.5 Å². The molecule has 1 aromatic carbocycles. The molecule has 3 N–H and O–H groups in total. The Morgan fingerprint density at radius 3 is 2.77 bits per heavy atom. The zero-order chi connectivity index (χ0) is 22.5. The summed E-state index contributed by atoms with van der Waals surface area (Å²) < 4.78 is 20.7. The fraction of sp³-hybridized carbons (Fsp3) is 0.500. The average Bonchev–Trinajstić information content (AvgIpc) is 3.02. The van der Waals surface area contributed by atoms with E-state index in [9.17, 15) is 14.0 Å². The Balaban J connectivity index is 1.61. The van der Waals surface area contributed by atoms with Crippen molar-refractivity contribution in [2.75, 3.05) is 24.1 Å². The number of hydrogen-bond acceptors (Lipinski definition) is 6. The summed E-state index contributed by atoms with van der Waals surface area (Å²) >= 11 is 0. The lowest BCUT2D eigenvalue weighted by Crippen LogP contribution is -2.39. The van der Waals surface area contributed by atoms with Gasteiger partial charge in [0.05, 0.1) is 18.2 Å². The van der Waals surface area contributed by atoms with Gasteiger partial charge in [-0.25, -0.2) is 9.18 Å². The number of carbonyl (C=O) groups excluding carboxylic acids is 2. The molecular formula is C22H28FN5O3. The van der Waals surface area contributed by atoms with E-state index in [-0.39, 0.29) is 24.1 Å². The van der Waals surface area contributed by atoms with E-state index in [1.807, 2.05) is 27.7 Å². The highest BCUT2D eigenvalue weighted by Gasteiger charge is 2.34. The first-order valence-corrected chi connectivity index (χ1v) is 10.5. The first kappa shape index (κ1) is 21.1. The SMILES string of the molecule is Cc1cc(F)cc2c1NCC[C@@H]2C(=O)n1nc2c(c1N)CN(C(=O)OC(C)(C)C)CC2. The number of carbonyl (C=O) groups is 2. The van der Waals surface area contributed by atoms with Gasteiger partial charge in [0.15, 0.2) is 0 Å². The second-order valence-electron chi connectivity index (χ2n) is 9.17. The van der Waals surface area contributed by atoms with Crippen LogP contribution in [0.5, 0.6) is 0 Å². The number of nitrogens with zero attached hydrogens (tertiary/aromatic N) is 3. The van der Waals surface area contributed by atoms with Gasteiger partial charge < -0.3 is 20.7 Å². The van der Waals surface area contributed by atoms with Gasteiger partial charge in [-0.1, -0.05) is 0 Å². The van der Waals surface area contributed by atoms with Gasteiger partial charge in [0, 0.05) is 30.8 Å². The number of amides is 1. The Morgan fingerprint density at radius 1 is 1.32 bits per heavy atom. The highest BCUT2D eigenvalue weighted by Crippen LogP contribution is 2.37. The van der Waals surface area contributed by atoms with E-state index in [2.05, 4.69) is 10.4 Å². The quantitative estimate of drug-likeness (QED) is 0.720. The normalized spacial score (nSPS) is 18.1. The van der Waals surface area contributed by atoms with Crippen molar-refractivity contribution in [1.82, 2.24) is 14.7 Å². The number of fused-ring (bicyclic) bond motifs is 2. The summed E-state index contributed by atoms with van der Waals surface area (Å²) in [5, 5.41) is 7.72. The van der Waals surface area contributed by atoms with Gasteiger partial charge in [-0.05, 0) is 57.4 Å². The summed E-state index contributed by atoms with van der Waals surface area (Å²) in [6, 6.07) is 2.85. The summed E-state index contributed by atoms with van der Waals surface area (Å²) in [4.78, 5) is 27.4. The first-order chi connectivity index (χ1) is 14.5. The zero-order valence-corrected chi connectivity index (χ0v) is 18.3. The Morgan fingerprint density at radius 2 is 2.06 bits per heavy atom. The van der Waals surface area contributed by atoms with E-state index in [4.69, 9.17) is 10.5 Å². The van der Waals surface area contributed by atoms with Crippen molar-refractivity contribution in [3.8, 4) is 0 Å². The molecule has 1 amide bonds. The van der Waals surface area contributed by atoms with Gasteiger partial charge in [-0.3, -0.25) is 4.79 Å². The van der Waals surface area contributed by atoms with E-state index in [0.29, 0.717) is 42.8 Å². The number of anilines is 2. The molecule has 166 valence electrons. The molecule has 8 nitrogen and oxygen atoms in total. The lowest BCUT2D eigenvalue weighted by Gasteiger charge is -2.29. The molecule has 0 bridgehead atoms. The number of aromatic nitrogens is 2. The van der Waals surface area contributed by atoms with Crippen LogP contribution in [0, 0.1) is 12.7 Å². The van der Waals surface area contributed by atoms with Gasteiger partial charge >= 0.3 is 6.09 Å². The summed E-state index contributed by atoms with van der Waals surface area (Å²) in [6.07, 6.45) is 0.577. The Bertz CT molecular complexity index is 1060. The van der Waals surface area contributed by atoms with E-state index in [1.54, 1.807) is 4.90 Å². The third-order valence-corrected chi connectivity index (χ3v) is 5.67. The summed E-state index contributed by atoms with van der Waals surface area (Å²) in [5.74, 6) is -0.986. The molecule has 31 heavy (non-hydrogen) atoms. The minimum atomic E-state index is -0.598. The number of ether oxygens (including phenoxy) is 1. The second-order valence-corrected chi connectivity index (χ2v) is 9.17. The summed E-state index contributed by atoms with van der Waals surface area (Å²) in [7, 11) is 0. The third-order valence-electron chi connectivity index (χ3n) is 5.67. The summed E-state index contributed by atoms with van der Waals surface area (Å²) in [6.45, 7) is 8.52. The molecular weight excluding hydrogens is 401 g/mol. The lowest BCUT2D eigenvalue weighted by molar-refractivity contribution is 0.0224. The highest BCUT2D eigenvalue weighted by molar-refractivity contribution is 5.90. The van der Waals surface area contributed by atoms with Crippen LogP contribution < -0.4 is 11.1 Å². The molecule has 2 aliphatic rings. The monoisotopic (exact) mass is 429 g/mol. The predicted octanol–water partition coefficient (Wildman–Crippen LogP) is 3.45. The molecule has 0 radical (unpaired) electrons. The number of hydrogen-bond donors (Lipinski definition) is 2. The smallest absolute Gasteiger partial charge is 0.410 e. The standard InChI is InChI=1S/C22H28FN5O3/c1-12-9-13(23)10-15-14(5-7-25-18(12)15)20(29)28-19(24)16-11-27(8-6-17(16)26-28)21(30)31-22(2,3)4/h9-10,14,25H,5-8,11,24H2,1-4H3/t14-/m0/s1. The minimum absolute atomic E-state index is 0.224. The highest BCUT2D eigenvalue weighted by atomic mass is 19.1. The maximum absolute atomic E-state index is 14.1. The van der Waals surface area contributed by atoms with Crippen molar-refractivity contribution in [2.45, 2.75) is 58.6 Å². The fourth-order valence-corrected chi connectivity index (χ4v) is 4.23. The molecule has 1 atom stereocenters. The molecule has 2 aromatic rings. The molecule has 0 fully saturated rings. The van der Waals surface area contributed by atoms with E-state index in [1.165, 1.54) is 16.8 Å². The number of aryl methyl sites for hydroxylation is 1. The number of benzene rings is 1. The van der Waals surface area contributed by atoms with Crippen LogP contribution in [0.2, 0.25) is 0 Å². The van der Waals surface area contributed by atoms with Crippen molar-refractivity contribution in [3.63, 3.8) is 0 Å². The van der Waals surface area contributed by atoms with E-state index >= 15 is 0 Å². The van der Waals surface area contributed by atoms with E-state index in [0.717, 1.165) is 11.3 Å². The fourth-order valence-electron chi connectivity index (χ4n) is 4.23. The van der Waals surface area contributed by atoms with Crippen molar-refractivity contribution in [1.29, 1.82) is 0 Å². The Kier molecular flexibility index (Phi) is 5.15. The molecule has 4 rings (SSSR count). The van der Waals surface area contributed by atoms with Gasteiger partial charge in [0.25, 0.3) is 5.91 Å². The van der Waals surface area contributed by atoms with Gasteiger partial charge in [0.1, 0.15) is 17.2 Å². The lowest BCUT2D eigenvalue weighted by atomic mass is 9.88. The van der Waals surface area contributed by atoms with Crippen LogP contribution in [0.25, 0.3) is 0 Å². The molecule has 3 heterocycles. The van der Waals surface area contributed by atoms with Crippen LogP contribution in [0.4, 0.5) is 20.7 Å². The molecule has 1 aromatic heterocycles. The van der Waals surface area contributed by atoms with Crippen LogP contribution in [0.1, 0.15) is 60.3 Å². The van der Waals surface area contributed by atoms with Crippen LogP contribution in [-0.2, 0) is 17.7 Å². The van der Waals surface area contributed by atoms with Crippen LogP contribution in [0.3, 0.4) is 0 Å².